The number of benzene rings is 3. The Morgan fingerprint density at radius 2 is 1.67 bits per heavy atom. The van der Waals surface area contributed by atoms with Gasteiger partial charge in [0.1, 0.15) is 0 Å². The number of hydrogen-bond donors (Lipinski definition) is 0. The minimum Gasteiger partial charge on any atom is -0.307 e. The summed E-state index contributed by atoms with van der Waals surface area (Å²) in [5.74, 6) is 0. The van der Waals surface area contributed by atoms with Crippen molar-refractivity contribution >= 4 is 39.4 Å². The van der Waals surface area contributed by atoms with Crippen molar-refractivity contribution in [1.82, 2.24) is 4.57 Å². The topological polar surface area (TPSA) is 4.93 Å². The van der Waals surface area contributed by atoms with Crippen molar-refractivity contribution in [3.8, 4) is 5.69 Å². The predicted molar refractivity (Wildman–Crippen MR) is 103 cm³/mol. The third kappa shape index (κ3) is 1.88. The maximum absolute atomic E-state index is 6.56. The second kappa shape index (κ2) is 5.25. The molecule has 1 aliphatic rings. The first-order valence-electron chi connectivity index (χ1n) is 8.31. The van der Waals surface area contributed by atoms with Crippen molar-refractivity contribution in [2.24, 2.45) is 0 Å². The molecule has 4 aromatic rings. The molecular formula is C22H16ClN. The van der Waals surface area contributed by atoms with E-state index in [4.69, 9.17) is 11.6 Å². The zero-order chi connectivity index (χ0) is 16.1. The van der Waals surface area contributed by atoms with Gasteiger partial charge < -0.3 is 4.57 Å². The highest BCUT2D eigenvalue weighted by Crippen LogP contribution is 2.39. The molecule has 0 saturated heterocycles. The van der Waals surface area contributed by atoms with Crippen LogP contribution in [-0.4, -0.2) is 4.57 Å². The summed E-state index contributed by atoms with van der Waals surface area (Å²) < 4.78 is 2.34. The fourth-order valence-electron chi connectivity index (χ4n) is 3.88. The van der Waals surface area contributed by atoms with Crippen molar-refractivity contribution in [3.63, 3.8) is 0 Å². The summed E-state index contributed by atoms with van der Waals surface area (Å²) in [6, 6.07) is 21.2. The van der Waals surface area contributed by atoms with Gasteiger partial charge >= 0.3 is 0 Å². The highest BCUT2D eigenvalue weighted by atomic mass is 35.5. The van der Waals surface area contributed by atoms with E-state index in [-0.39, 0.29) is 0 Å². The highest BCUT2D eigenvalue weighted by molar-refractivity contribution is 6.32. The number of halogens is 1. The standard InChI is InChI=1S/C22H16ClN/c23-19-10-4-6-12-21(19)24-20-11-5-3-9-17(20)18-14-13-15-7-1-2-8-16(15)22(18)24/h1-2,4-8,10-14H,3,9H2. The molecule has 0 fully saturated rings. The van der Waals surface area contributed by atoms with Crippen LogP contribution in [0.25, 0.3) is 33.4 Å². The lowest BCUT2D eigenvalue weighted by atomic mass is 9.99. The van der Waals surface area contributed by atoms with Gasteiger partial charge in [0.05, 0.1) is 16.2 Å². The van der Waals surface area contributed by atoms with Crippen molar-refractivity contribution in [3.05, 3.63) is 83.0 Å². The summed E-state index contributed by atoms with van der Waals surface area (Å²) in [5.41, 5.74) is 5.00. The van der Waals surface area contributed by atoms with Crippen molar-refractivity contribution in [2.75, 3.05) is 0 Å². The van der Waals surface area contributed by atoms with E-state index in [0.717, 1.165) is 23.6 Å². The van der Waals surface area contributed by atoms with E-state index in [1.807, 2.05) is 12.1 Å². The molecular weight excluding hydrogens is 314 g/mol. The summed E-state index contributed by atoms with van der Waals surface area (Å²) in [5, 5.41) is 4.66. The molecule has 24 heavy (non-hydrogen) atoms. The average molecular weight is 330 g/mol. The molecule has 5 rings (SSSR count). The van der Waals surface area contributed by atoms with Gasteiger partial charge in [0.15, 0.2) is 0 Å². The molecule has 3 aromatic carbocycles. The molecule has 0 unspecified atom stereocenters. The van der Waals surface area contributed by atoms with Gasteiger partial charge in [-0.3, -0.25) is 0 Å². The Bertz CT molecular complexity index is 1120. The molecule has 0 saturated carbocycles. The van der Waals surface area contributed by atoms with Crippen LogP contribution < -0.4 is 0 Å². The first-order valence-corrected chi connectivity index (χ1v) is 8.69. The van der Waals surface area contributed by atoms with Crippen LogP contribution in [0, 0.1) is 0 Å². The zero-order valence-corrected chi connectivity index (χ0v) is 13.9. The number of rotatable bonds is 1. The lowest BCUT2D eigenvalue weighted by Crippen LogP contribution is -2.01. The molecule has 0 spiro atoms. The van der Waals surface area contributed by atoms with Gasteiger partial charge in [0.25, 0.3) is 0 Å². The SMILES string of the molecule is Clc1ccccc1-n1c2c(c3ccc4ccccc4c31)CCC=C2. The molecule has 0 aliphatic heterocycles. The van der Waals surface area contributed by atoms with Gasteiger partial charge in [0.2, 0.25) is 0 Å². The number of allylic oxidation sites excluding steroid dienone is 1. The van der Waals surface area contributed by atoms with Crippen molar-refractivity contribution < 1.29 is 0 Å². The van der Waals surface area contributed by atoms with E-state index in [0.29, 0.717) is 0 Å². The van der Waals surface area contributed by atoms with E-state index < -0.39 is 0 Å². The van der Waals surface area contributed by atoms with E-state index in [9.17, 15) is 0 Å². The molecule has 1 nitrogen and oxygen atoms in total. The van der Waals surface area contributed by atoms with Gasteiger partial charge in [0, 0.05) is 16.5 Å². The first-order chi connectivity index (χ1) is 11.8. The second-order valence-electron chi connectivity index (χ2n) is 6.27. The Morgan fingerprint density at radius 1 is 0.833 bits per heavy atom. The fourth-order valence-corrected chi connectivity index (χ4v) is 4.10. The Labute approximate surface area is 145 Å². The normalized spacial score (nSPS) is 13.5. The van der Waals surface area contributed by atoms with Crippen LogP contribution in [0.5, 0.6) is 0 Å². The number of nitrogens with zero attached hydrogens (tertiary/aromatic N) is 1. The van der Waals surface area contributed by atoms with Gasteiger partial charge in [-0.05, 0) is 42.0 Å². The van der Waals surface area contributed by atoms with Gasteiger partial charge in [-0.1, -0.05) is 66.2 Å². The molecule has 116 valence electrons. The Kier molecular flexibility index (Phi) is 3.04. The van der Waals surface area contributed by atoms with Crippen LogP contribution in [-0.2, 0) is 6.42 Å². The zero-order valence-electron chi connectivity index (χ0n) is 13.2. The lowest BCUT2D eigenvalue weighted by molar-refractivity contribution is 0.968. The van der Waals surface area contributed by atoms with E-state index in [1.165, 1.54) is 32.9 Å². The molecule has 0 atom stereocenters. The second-order valence-corrected chi connectivity index (χ2v) is 6.68. The summed E-state index contributed by atoms with van der Waals surface area (Å²) in [4.78, 5) is 0. The molecule has 0 N–H and O–H groups in total. The van der Waals surface area contributed by atoms with Gasteiger partial charge in [-0.15, -0.1) is 0 Å². The third-order valence-electron chi connectivity index (χ3n) is 4.93. The number of hydrogen-bond acceptors (Lipinski definition) is 0. The van der Waals surface area contributed by atoms with Gasteiger partial charge in [-0.2, -0.15) is 0 Å². The summed E-state index contributed by atoms with van der Waals surface area (Å²) >= 11 is 6.56. The number of aromatic nitrogens is 1. The molecule has 1 aliphatic carbocycles. The van der Waals surface area contributed by atoms with E-state index in [1.54, 1.807) is 0 Å². The Hall–Kier alpha value is -2.51. The molecule has 0 bridgehead atoms. The minimum absolute atomic E-state index is 0.782. The molecule has 0 amide bonds. The Balaban J connectivity index is 2.03. The Morgan fingerprint density at radius 3 is 2.58 bits per heavy atom. The van der Waals surface area contributed by atoms with Crippen LogP contribution in [0.3, 0.4) is 0 Å². The van der Waals surface area contributed by atoms with Crippen LogP contribution >= 0.6 is 11.6 Å². The fraction of sp³-hybridized carbons (Fsp3) is 0.0909. The van der Waals surface area contributed by atoms with Crippen LogP contribution in [0.15, 0.2) is 66.7 Å². The highest BCUT2D eigenvalue weighted by Gasteiger charge is 2.20. The van der Waals surface area contributed by atoms with Crippen LogP contribution in [0.1, 0.15) is 17.7 Å². The quantitative estimate of drug-likeness (QED) is 0.381. The molecule has 0 radical (unpaired) electrons. The largest absolute Gasteiger partial charge is 0.307 e. The first kappa shape index (κ1) is 13.9. The minimum atomic E-state index is 0.782. The summed E-state index contributed by atoms with van der Waals surface area (Å²) in [7, 11) is 0. The monoisotopic (exact) mass is 329 g/mol. The van der Waals surface area contributed by atoms with Crippen LogP contribution in [0.4, 0.5) is 0 Å². The molecule has 1 aromatic heterocycles. The van der Waals surface area contributed by atoms with E-state index in [2.05, 4.69) is 65.3 Å². The summed E-state index contributed by atoms with van der Waals surface area (Å²) in [6.07, 6.45) is 6.69. The third-order valence-corrected chi connectivity index (χ3v) is 5.25. The van der Waals surface area contributed by atoms with Crippen molar-refractivity contribution in [2.45, 2.75) is 12.8 Å². The summed E-state index contributed by atoms with van der Waals surface area (Å²) in [6.45, 7) is 0. The number of fused-ring (bicyclic) bond motifs is 5. The predicted octanol–water partition coefficient (Wildman–Crippen LogP) is 6.40. The van der Waals surface area contributed by atoms with Crippen molar-refractivity contribution in [1.29, 1.82) is 0 Å². The van der Waals surface area contributed by atoms with E-state index >= 15 is 0 Å². The lowest BCUT2D eigenvalue weighted by Gasteiger charge is -2.14. The molecule has 2 heteroatoms. The maximum atomic E-state index is 6.56. The number of para-hydroxylation sites is 1. The average Bonchev–Trinajstić information content (AvgIpc) is 2.97. The van der Waals surface area contributed by atoms with Gasteiger partial charge in [-0.25, -0.2) is 0 Å². The molecule has 1 heterocycles. The number of aryl methyl sites for hydroxylation is 1. The van der Waals surface area contributed by atoms with Crippen LogP contribution in [0.2, 0.25) is 5.02 Å². The smallest absolute Gasteiger partial charge is 0.0648 e. The maximum Gasteiger partial charge on any atom is 0.0648 e.